The second-order valence-corrected chi connectivity index (χ2v) is 3.28. The van der Waals surface area contributed by atoms with Gasteiger partial charge in [0.1, 0.15) is 5.75 Å². The van der Waals surface area contributed by atoms with Crippen molar-refractivity contribution in [2.24, 2.45) is 0 Å². The lowest BCUT2D eigenvalue weighted by Crippen LogP contribution is -2.08. The molecule has 1 aromatic rings. The first kappa shape index (κ1) is 11.1. The Balaban J connectivity index is 2.98. The lowest BCUT2D eigenvalue weighted by atomic mass is 10.2. The minimum atomic E-state index is -0.570. The summed E-state index contributed by atoms with van der Waals surface area (Å²) < 4.78 is 4.88. The van der Waals surface area contributed by atoms with Crippen LogP contribution in [-0.2, 0) is 4.79 Å². The average Bonchev–Trinajstić information content (AvgIpc) is 2.13. The maximum atomic E-state index is 11.2. The predicted molar refractivity (Wildman–Crippen MR) is 55.0 cm³/mol. The molecule has 0 saturated carbocycles. The number of ether oxygens (including phenoxy) is 1. The first-order valence-electron chi connectivity index (χ1n) is 4.32. The summed E-state index contributed by atoms with van der Waals surface area (Å²) in [5.74, 6) is -0.931. The number of carbonyl (C=O) groups excluding carboxylic acids is 1. The molecule has 0 radical (unpaired) electrons. The number of benzene rings is 1. The van der Waals surface area contributed by atoms with Crippen molar-refractivity contribution in [3.63, 3.8) is 0 Å². The van der Waals surface area contributed by atoms with Crippen LogP contribution >= 0.6 is 0 Å². The molecule has 0 fully saturated rings. The van der Waals surface area contributed by atoms with Gasteiger partial charge in [0.15, 0.2) is 11.5 Å². The lowest BCUT2D eigenvalue weighted by Gasteiger charge is -2.07. The quantitative estimate of drug-likeness (QED) is 0.337. The molecule has 2 N–H and O–H groups in total. The first-order chi connectivity index (χ1) is 6.91. The molecule has 0 bridgehead atoms. The summed E-state index contributed by atoms with van der Waals surface area (Å²) in [6.07, 6.45) is 0. The zero-order chi connectivity index (χ0) is 11.6. The van der Waals surface area contributed by atoms with Crippen molar-refractivity contribution >= 4 is 5.97 Å². The summed E-state index contributed by atoms with van der Waals surface area (Å²) >= 11 is 0. The molecule has 1 aromatic carbocycles. The normalized spacial score (nSPS) is 9.73. The van der Waals surface area contributed by atoms with E-state index in [0.717, 1.165) is 0 Å². The summed E-state index contributed by atoms with van der Waals surface area (Å²) in [7, 11) is 0. The van der Waals surface area contributed by atoms with E-state index in [0.29, 0.717) is 5.56 Å². The Kier molecular flexibility index (Phi) is 2.99. The highest BCUT2D eigenvalue weighted by molar-refractivity contribution is 5.88. The molecule has 0 aliphatic heterocycles. The first-order valence-corrected chi connectivity index (χ1v) is 4.32. The summed E-state index contributed by atoms with van der Waals surface area (Å²) in [6.45, 7) is 6.54. The third-order valence-electron chi connectivity index (χ3n) is 1.81. The van der Waals surface area contributed by atoms with Gasteiger partial charge >= 0.3 is 5.97 Å². The fourth-order valence-electron chi connectivity index (χ4n) is 0.982. The molecule has 0 aromatic heterocycles. The maximum Gasteiger partial charge on any atom is 0.338 e. The fraction of sp³-hybridized carbons (Fsp3) is 0.182. The highest BCUT2D eigenvalue weighted by Gasteiger charge is 2.10. The number of aromatic hydroxyl groups is 2. The number of aryl methyl sites for hydroxylation is 1. The van der Waals surface area contributed by atoms with Gasteiger partial charge in [-0.25, -0.2) is 4.79 Å². The number of phenolic OH excluding ortho intramolecular Hbond substituents is 2. The Hall–Kier alpha value is -1.97. The Morgan fingerprint density at radius 3 is 2.47 bits per heavy atom. The van der Waals surface area contributed by atoms with E-state index in [-0.39, 0.29) is 22.8 Å². The van der Waals surface area contributed by atoms with E-state index in [9.17, 15) is 15.0 Å². The summed E-state index contributed by atoms with van der Waals surface area (Å²) in [5, 5.41) is 18.5. The van der Waals surface area contributed by atoms with Gasteiger partial charge in [0, 0.05) is 11.6 Å². The van der Waals surface area contributed by atoms with E-state index in [1.165, 1.54) is 19.1 Å². The Morgan fingerprint density at radius 2 is 2.00 bits per heavy atom. The summed E-state index contributed by atoms with van der Waals surface area (Å²) in [4.78, 5) is 11.2. The fourth-order valence-corrected chi connectivity index (χ4v) is 0.982. The molecule has 0 heterocycles. The van der Waals surface area contributed by atoms with Crippen LogP contribution in [0.1, 0.15) is 12.5 Å². The van der Waals surface area contributed by atoms with Crippen molar-refractivity contribution in [3.8, 4) is 17.2 Å². The van der Waals surface area contributed by atoms with Crippen LogP contribution in [0, 0.1) is 6.92 Å². The summed E-state index contributed by atoms with van der Waals surface area (Å²) in [6, 6.07) is 2.62. The van der Waals surface area contributed by atoms with Gasteiger partial charge in [-0.1, -0.05) is 6.58 Å². The number of carbonyl (C=O) groups is 1. The van der Waals surface area contributed by atoms with E-state index in [4.69, 9.17) is 4.74 Å². The molecular weight excluding hydrogens is 196 g/mol. The number of hydrogen-bond acceptors (Lipinski definition) is 4. The molecule has 0 saturated heterocycles. The minimum absolute atomic E-state index is 0.177. The van der Waals surface area contributed by atoms with Crippen LogP contribution in [0.2, 0.25) is 0 Å². The Bertz CT molecular complexity index is 398. The molecule has 15 heavy (non-hydrogen) atoms. The van der Waals surface area contributed by atoms with Crippen molar-refractivity contribution < 1.29 is 19.7 Å². The molecule has 0 spiro atoms. The second kappa shape index (κ2) is 4.04. The van der Waals surface area contributed by atoms with Crippen LogP contribution < -0.4 is 4.74 Å². The van der Waals surface area contributed by atoms with Crippen LogP contribution in [0.15, 0.2) is 24.3 Å². The van der Waals surface area contributed by atoms with E-state index < -0.39 is 5.97 Å². The number of phenols is 2. The van der Waals surface area contributed by atoms with Crippen molar-refractivity contribution in [1.29, 1.82) is 0 Å². The zero-order valence-corrected chi connectivity index (χ0v) is 8.57. The molecule has 0 amide bonds. The smallest absolute Gasteiger partial charge is 0.338 e. The Morgan fingerprint density at radius 1 is 1.40 bits per heavy atom. The molecule has 0 unspecified atom stereocenters. The third kappa shape index (κ3) is 2.49. The summed E-state index contributed by atoms with van der Waals surface area (Å²) in [5.41, 5.74) is 0.694. The highest BCUT2D eigenvalue weighted by Crippen LogP contribution is 2.33. The van der Waals surface area contributed by atoms with Crippen LogP contribution in [0.25, 0.3) is 0 Å². The van der Waals surface area contributed by atoms with Gasteiger partial charge in [-0.15, -0.1) is 0 Å². The van der Waals surface area contributed by atoms with Gasteiger partial charge in [0.2, 0.25) is 0 Å². The molecule has 4 heteroatoms. The largest absolute Gasteiger partial charge is 0.504 e. The topological polar surface area (TPSA) is 66.8 Å². The highest BCUT2D eigenvalue weighted by atomic mass is 16.5. The van der Waals surface area contributed by atoms with Gasteiger partial charge in [0.25, 0.3) is 0 Å². The molecular formula is C11H12O4. The third-order valence-corrected chi connectivity index (χ3v) is 1.81. The van der Waals surface area contributed by atoms with Crippen LogP contribution in [0.4, 0.5) is 0 Å². The van der Waals surface area contributed by atoms with Gasteiger partial charge in [0.05, 0.1) is 0 Å². The average molecular weight is 208 g/mol. The van der Waals surface area contributed by atoms with E-state index >= 15 is 0 Å². The lowest BCUT2D eigenvalue weighted by molar-refractivity contribution is -0.130. The second-order valence-electron chi connectivity index (χ2n) is 3.28. The standard InChI is InChI=1S/C11H12O4/c1-6(2)11(14)15-8-4-7(3)10(13)9(12)5-8/h4-5,12-13H,1H2,2-3H3. The van der Waals surface area contributed by atoms with Gasteiger partial charge in [-0.3, -0.25) is 0 Å². The van der Waals surface area contributed by atoms with Crippen LogP contribution in [0.5, 0.6) is 17.2 Å². The van der Waals surface area contributed by atoms with Gasteiger partial charge in [-0.05, 0) is 25.5 Å². The van der Waals surface area contributed by atoms with Crippen molar-refractivity contribution in [3.05, 3.63) is 29.8 Å². The SMILES string of the molecule is C=C(C)C(=O)Oc1cc(C)c(O)c(O)c1. The van der Waals surface area contributed by atoms with E-state index in [1.54, 1.807) is 6.92 Å². The molecule has 0 aliphatic carbocycles. The Labute approximate surface area is 87.4 Å². The molecule has 0 aliphatic rings. The monoisotopic (exact) mass is 208 g/mol. The van der Waals surface area contributed by atoms with Gasteiger partial charge < -0.3 is 14.9 Å². The van der Waals surface area contributed by atoms with E-state index in [1.807, 2.05) is 0 Å². The van der Waals surface area contributed by atoms with Gasteiger partial charge in [-0.2, -0.15) is 0 Å². The molecule has 1 rings (SSSR count). The predicted octanol–water partition coefficient (Wildman–Crippen LogP) is 1.89. The molecule has 4 nitrogen and oxygen atoms in total. The number of esters is 1. The number of hydrogen-bond donors (Lipinski definition) is 2. The van der Waals surface area contributed by atoms with E-state index in [2.05, 4.69) is 6.58 Å². The zero-order valence-electron chi connectivity index (χ0n) is 8.57. The minimum Gasteiger partial charge on any atom is -0.504 e. The number of rotatable bonds is 2. The maximum absolute atomic E-state index is 11.2. The van der Waals surface area contributed by atoms with Crippen molar-refractivity contribution in [2.45, 2.75) is 13.8 Å². The molecule has 0 atom stereocenters. The van der Waals surface area contributed by atoms with Crippen LogP contribution in [0.3, 0.4) is 0 Å². The molecule has 80 valence electrons. The van der Waals surface area contributed by atoms with Crippen LogP contribution in [-0.4, -0.2) is 16.2 Å². The van der Waals surface area contributed by atoms with Crippen molar-refractivity contribution in [1.82, 2.24) is 0 Å². The van der Waals surface area contributed by atoms with Crippen molar-refractivity contribution in [2.75, 3.05) is 0 Å².